The molecule has 1 N–H and O–H groups in total. The molecule has 4 bridgehead atoms. The monoisotopic (exact) mass is 371 g/mol. The van der Waals surface area contributed by atoms with Crippen LogP contribution in [0.1, 0.15) is 50.2 Å². The summed E-state index contributed by atoms with van der Waals surface area (Å²) >= 11 is 0. The number of Topliss-reactive ketones (excluding diaryl/α,β-unsaturated/α-hetero) is 1. The van der Waals surface area contributed by atoms with E-state index in [0.29, 0.717) is 18.6 Å². The molecule has 1 aromatic carbocycles. The molecule has 0 radical (unpaired) electrons. The van der Waals surface area contributed by atoms with E-state index in [9.17, 15) is 9.90 Å². The van der Waals surface area contributed by atoms with Crippen LogP contribution in [0.2, 0.25) is 0 Å². The van der Waals surface area contributed by atoms with Gasteiger partial charge in [0.25, 0.3) is 0 Å². The van der Waals surface area contributed by atoms with E-state index in [1.807, 2.05) is 6.07 Å². The van der Waals surface area contributed by atoms with E-state index in [-0.39, 0.29) is 17.2 Å². The minimum absolute atomic E-state index is 0.0672. The fraction of sp³-hybridized carbons (Fsp3) is 0.682. The van der Waals surface area contributed by atoms with Crippen LogP contribution in [0.4, 0.5) is 0 Å². The van der Waals surface area contributed by atoms with Crippen molar-refractivity contribution in [3.8, 4) is 11.5 Å². The first kappa shape index (κ1) is 17.5. The maximum Gasteiger partial charge on any atom is 0.174 e. The molecule has 2 aliphatic carbocycles. The number of ether oxygens (including phenoxy) is 2. The maximum atomic E-state index is 13.0. The highest BCUT2D eigenvalue weighted by Crippen LogP contribution is 2.53. The Morgan fingerprint density at radius 1 is 1.33 bits per heavy atom. The predicted molar refractivity (Wildman–Crippen MR) is 101 cm³/mol. The quantitative estimate of drug-likeness (QED) is 0.885. The molecule has 5 heteroatoms. The van der Waals surface area contributed by atoms with Crippen LogP contribution in [0.5, 0.6) is 11.5 Å². The first-order valence-corrected chi connectivity index (χ1v) is 10.3. The molecule has 0 spiro atoms. The van der Waals surface area contributed by atoms with Crippen molar-refractivity contribution < 1.29 is 19.4 Å². The SMILES string of the molecule is COc1ccc2c3c1OC1C(=O)CC[C@@H](O)[C@@H](C2)N(CC2CC2)CC[C@]31C. The van der Waals surface area contributed by atoms with Crippen LogP contribution in [0, 0.1) is 5.92 Å². The second kappa shape index (κ2) is 6.21. The van der Waals surface area contributed by atoms with Crippen molar-refractivity contribution >= 4 is 5.78 Å². The molecule has 27 heavy (non-hydrogen) atoms. The number of hydrogen-bond acceptors (Lipinski definition) is 5. The van der Waals surface area contributed by atoms with Crippen molar-refractivity contribution in [2.75, 3.05) is 20.2 Å². The average Bonchev–Trinajstić information content (AvgIpc) is 3.42. The molecule has 2 fully saturated rings. The number of fused-ring (bicyclic) bond motifs is 5. The molecule has 0 aromatic heterocycles. The van der Waals surface area contributed by atoms with Gasteiger partial charge in [-0.2, -0.15) is 0 Å². The summed E-state index contributed by atoms with van der Waals surface area (Å²) in [7, 11) is 1.65. The molecule has 5 aliphatic rings. The van der Waals surface area contributed by atoms with E-state index in [1.165, 1.54) is 18.4 Å². The number of rotatable bonds is 3. The minimum Gasteiger partial charge on any atom is -0.493 e. The summed E-state index contributed by atoms with van der Waals surface area (Å²) in [6.07, 6.45) is 4.22. The lowest BCUT2D eigenvalue weighted by atomic mass is 9.69. The minimum atomic E-state index is -0.479. The third kappa shape index (κ3) is 2.70. The summed E-state index contributed by atoms with van der Waals surface area (Å²) in [6, 6.07) is 4.14. The lowest BCUT2D eigenvalue weighted by Gasteiger charge is -2.42. The van der Waals surface area contributed by atoms with Gasteiger partial charge in [0, 0.05) is 30.0 Å². The standard InChI is InChI=1S/C22H29NO4/c1-22-9-10-23(12-13-3-4-13)15-11-14-5-8-18(26-2)20(19(14)22)27-21(22)17(25)7-6-16(15)24/h5,8,13,15-16,21,24H,3-4,6-7,9-12H2,1-2H3/t15-,16-,21?,22-/m1/s1. The van der Waals surface area contributed by atoms with Crippen LogP contribution in [0.3, 0.4) is 0 Å². The number of nitrogens with zero attached hydrogens (tertiary/aromatic N) is 1. The highest BCUT2D eigenvalue weighted by Gasteiger charge is 2.53. The van der Waals surface area contributed by atoms with Gasteiger partial charge in [-0.1, -0.05) is 13.0 Å². The van der Waals surface area contributed by atoms with E-state index in [0.717, 1.165) is 43.2 Å². The number of ketones is 1. The van der Waals surface area contributed by atoms with Crippen molar-refractivity contribution in [2.45, 2.75) is 69.1 Å². The third-order valence-electron chi connectivity index (χ3n) is 7.24. The molecule has 1 saturated carbocycles. The molecule has 1 saturated heterocycles. The van der Waals surface area contributed by atoms with Gasteiger partial charge in [-0.25, -0.2) is 0 Å². The van der Waals surface area contributed by atoms with Gasteiger partial charge in [-0.3, -0.25) is 9.69 Å². The van der Waals surface area contributed by atoms with E-state index in [2.05, 4.69) is 17.9 Å². The summed E-state index contributed by atoms with van der Waals surface area (Å²) < 4.78 is 11.8. The van der Waals surface area contributed by atoms with Crippen LogP contribution >= 0.6 is 0 Å². The number of aliphatic hydroxyl groups excluding tert-OH is 1. The van der Waals surface area contributed by atoms with Gasteiger partial charge in [0.1, 0.15) is 0 Å². The van der Waals surface area contributed by atoms with Gasteiger partial charge in [-0.05, 0) is 56.2 Å². The number of carbonyl (C=O) groups is 1. The Balaban J connectivity index is 1.66. The molecule has 3 heterocycles. The zero-order chi connectivity index (χ0) is 18.8. The molecule has 1 unspecified atom stereocenters. The average molecular weight is 371 g/mol. The maximum absolute atomic E-state index is 13.0. The van der Waals surface area contributed by atoms with Crippen LogP contribution in [0.25, 0.3) is 0 Å². The number of benzene rings is 1. The second-order valence-corrected chi connectivity index (χ2v) is 9.08. The Labute approximate surface area is 160 Å². The molecular weight excluding hydrogens is 342 g/mol. The van der Waals surface area contributed by atoms with Gasteiger partial charge in [0.05, 0.1) is 13.2 Å². The van der Waals surface area contributed by atoms with Gasteiger partial charge >= 0.3 is 0 Å². The molecule has 6 rings (SSSR count). The smallest absolute Gasteiger partial charge is 0.174 e. The Morgan fingerprint density at radius 3 is 2.89 bits per heavy atom. The van der Waals surface area contributed by atoms with Crippen molar-refractivity contribution in [3.05, 3.63) is 23.3 Å². The molecule has 0 amide bonds. The van der Waals surface area contributed by atoms with Crippen LogP contribution in [-0.2, 0) is 16.6 Å². The Kier molecular flexibility index (Phi) is 4.03. The number of carbonyl (C=O) groups excluding carboxylic acids is 1. The van der Waals surface area contributed by atoms with Gasteiger partial charge in [0.2, 0.25) is 0 Å². The van der Waals surface area contributed by atoms with Gasteiger partial charge in [-0.15, -0.1) is 0 Å². The number of methoxy groups -OCH3 is 1. The first-order chi connectivity index (χ1) is 13.0. The largest absolute Gasteiger partial charge is 0.493 e. The highest BCUT2D eigenvalue weighted by atomic mass is 16.5. The fourth-order valence-electron chi connectivity index (χ4n) is 5.48. The molecule has 4 atom stereocenters. The molecule has 3 aliphatic heterocycles. The Bertz CT molecular complexity index is 774. The molecule has 1 aromatic rings. The third-order valence-corrected chi connectivity index (χ3v) is 7.24. The molecular formula is C22H29NO4. The number of aliphatic hydroxyl groups is 1. The second-order valence-electron chi connectivity index (χ2n) is 9.08. The van der Waals surface area contributed by atoms with Crippen molar-refractivity contribution in [1.82, 2.24) is 4.90 Å². The molecule has 146 valence electrons. The fourth-order valence-corrected chi connectivity index (χ4v) is 5.48. The Morgan fingerprint density at radius 2 is 2.15 bits per heavy atom. The van der Waals surface area contributed by atoms with Crippen molar-refractivity contribution in [3.63, 3.8) is 0 Å². The summed E-state index contributed by atoms with van der Waals surface area (Å²) in [6.45, 7) is 4.16. The van der Waals surface area contributed by atoms with E-state index in [4.69, 9.17) is 9.47 Å². The van der Waals surface area contributed by atoms with E-state index in [1.54, 1.807) is 7.11 Å². The number of hydrogen-bond donors (Lipinski definition) is 1. The zero-order valence-corrected chi connectivity index (χ0v) is 16.2. The van der Waals surface area contributed by atoms with Crippen LogP contribution < -0.4 is 9.47 Å². The van der Waals surface area contributed by atoms with Crippen LogP contribution in [0.15, 0.2) is 12.1 Å². The lowest BCUT2D eigenvalue weighted by Crippen LogP contribution is -2.53. The summed E-state index contributed by atoms with van der Waals surface area (Å²) in [4.78, 5) is 15.5. The zero-order valence-electron chi connectivity index (χ0n) is 16.2. The van der Waals surface area contributed by atoms with E-state index >= 15 is 0 Å². The Hall–Kier alpha value is -1.59. The highest BCUT2D eigenvalue weighted by molar-refractivity contribution is 5.87. The van der Waals surface area contributed by atoms with Crippen LogP contribution in [-0.4, -0.2) is 54.2 Å². The summed E-state index contributed by atoms with van der Waals surface area (Å²) in [5.41, 5.74) is 2.02. The van der Waals surface area contributed by atoms with Gasteiger partial charge in [0.15, 0.2) is 23.4 Å². The van der Waals surface area contributed by atoms with E-state index < -0.39 is 12.2 Å². The predicted octanol–water partition coefficient (Wildman–Crippen LogP) is 2.46. The summed E-state index contributed by atoms with van der Waals surface area (Å²) in [5.74, 6) is 2.35. The van der Waals surface area contributed by atoms with Crippen molar-refractivity contribution in [2.24, 2.45) is 5.92 Å². The summed E-state index contributed by atoms with van der Waals surface area (Å²) in [5, 5.41) is 11.0. The topological polar surface area (TPSA) is 59.0 Å². The normalized spacial score (nSPS) is 35.7. The first-order valence-electron chi connectivity index (χ1n) is 10.3. The van der Waals surface area contributed by atoms with Crippen molar-refractivity contribution in [1.29, 1.82) is 0 Å². The van der Waals surface area contributed by atoms with Gasteiger partial charge < -0.3 is 14.6 Å². The lowest BCUT2D eigenvalue weighted by molar-refractivity contribution is -0.129. The molecule has 5 nitrogen and oxygen atoms in total.